The minimum absolute atomic E-state index is 0.0453. The molecule has 21 heavy (non-hydrogen) atoms. The Morgan fingerprint density at radius 3 is 2.67 bits per heavy atom. The molecule has 2 heterocycles. The summed E-state index contributed by atoms with van der Waals surface area (Å²) in [6.07, 6.45) is 2.22. The largest absolute Gasteiger partial charge is 0.481 e. The summed E-state index contributed by atoms with van der Waals surface area (Å²) in [4.78, 5) is 22.0. The number of sulfonamides is 1. The Kier molecular flexibility index (Phi) is 4.06. The van der Waals surface area contributed by atoms with Crippen LogP contribution in [0.1, 0.15) is 29.8 Å². The van der Waals surface area contributed by atoms with Gasteiger partial charge in [-0.3, -0.25) is 9.59 Å². The van der Waals surface area contributed by atoms with E-state index >= 15 is 0 Å². The molecule has 1 saturated heterocycles. The fourth-order valence-electron chi connectivity index (χ4n) is 2.59. The second-order valence-electron chi connectivity index (χ2n) is 5.05. The summed E-state index contributed by atoms with van der Waals surface area (Å²) in [6.45, 7) is 0.279. The van der Waals surface area contributed by atoms with E-state index in [0.717, 1.165) is 0 Å². The molecule has 1 aliphatic heterocycles. The third-order valence-electron chi connectivity index (χ3n) is 3.57. The van der Waals surface area contributed by atoms with Gasteiger partial charge in [0.05, 0.1) is 6.42 Å². The van der Waals surface area contributed by atoms with Gasteiger partial charge in [0.1, 0.15) is 10.6 Å². The first-order chi connectivity index (χ1) is 9.73. The minimum Gasteiger partial charge on any atom is -0.481 e. The van der Waals surface area contributed by atoms with E-state index in [-0.39, 0.29) is 23.6 Å². The monoisotopic (exact) mass is 315 g/mol. The summed E-state index contributed by atoms with van der Waals surface area (Å²) in [5, 5.41) is 8.86. The number of amides is 1. The topological polar surface area (TPSA) is 123 Å². The number of aryl methyl sites for hydroxylation is 1. The van der Waals surface area contributed by atoms with Crippen molar-refractivity contribution in [2.45, 2.75) is 30.2 Å². The average molecular weight is 315 g/mol. The van der Waals surface area contributed by atoms with Crippen molar-refractivity contribution in [3.63, 3.8) is 0 Å². The predicted molar refractivity (Wildman–Crippen MR) is 73.1 cm³/mol. The van der Waals surface area contributed by atoms with Gasteiger partial charge in [-0.15, -0.1) is 0 Å². The summed E-state index contributed by atoms with van der Waals surface area (Å²) in [6, 6.07) is 0.665. The molecule has 1 atom stereocenters. The molecule has 116 valence electrons. The number of carboxylic acid groups (broad SMARTS) is 1. The van der Waals surface area contributed by atoms with Crippen molar-refractivity contribution >= 4 is 21.9 Å². The molecule has 1 unspecified atom stereocenters. The van der Waals surface area contributed by atoms with Crippen molar-refractivity contribution in [3.05, 3.63) is 18.0 Å². The van der Waals surface area contributed by atoms with Gasteiger partial charge in [0.15, 0.2) is 0 Å². The maximum absolute atomic E-state index is 12.6. The van der Waals surface area contributed by atoms with Crippen molar-refractivity contribution in [1.29, 1.82) is 0 Å². The Balaban J connectivity index is 2.35. The smallest absolute Gasteiger partial charge is 0.304 e. The summed E-state index contributed by atoms with van der Waals surface area (Å²) < 4.78 is 27.7. The van der Waals surface area contributed by atoms with Crippen molar-refractivity contribution in [1.82, 2.24) is 8.87 Å². The first-order valence-electron chi connectivity index (χ1n) is 6.43. The van der Waals surface area contributed by atoms with Gasteiger partial charge in [-0.2, -0.15) is 4.31 Å². The molecule has 1 aliphatic rings. The highest BCUT2D eigenvalue weighted by Crippen LogP contribution is 2.28. The van der Waals surface area contributed by atoms with Gasteiger partial charge in [-0.05, 0) is 18.9 Å². The minimum atomic E-state index is -3.83. The number of primary amides is 1. The fourth-order valence-corrected chi connectivity index (χ4v) is 4.35. The van der Waals surface area contributed by atoms with Gasteiger partial charge < -0.3 is 15.4 Å². The van der Waals surface area contributed by atoms with Crippen LogP contribution in [0.3, 0.4) is 0 Å². The lowest BCUT2D eigenvalue weighted by molar-refractivity contribution is -0.137. The van der Waals surface area contributed by atoms with Gasteiger partial charge in [0.2, 0.25) is 10.0 Å². The van der Waals surface area contributed by atoms with E-state index in [1.165, 1.54) is 28.2 Å². The van der Waals surface area contributed by atoms with Gasteiger partial charge in [-0.1, -0.05) is 0 Å². The number of hydrogen-bond donors (Lipinski definition) is 2. The highest BCUT2D eigenvalue weighted by Gasteiger charge is 2.37. The number of hydrogen-bond acceptors (Lipinski definition) is 4. The van der Waals surface area contributed by atoms with Crippen LogP contribution in [0.5, 0.6) is 0 Å². The maximum Gasteiger partial charge on any atom is 0.304 e. The van der Waals surface area contributed by atoms with Crippen molar-refractivity contribution in [3.8, 4) is 0 Å². The van der Waals surface area contributed by atoms with E-state index in [1.54, 1.807) is 0 Å². The van der Waals surface area contributed by atoms with Crippen LogP contribution in [0.25, 0.3) is 0 Å². The lowest BCUT2D eigenvalue weighted by Gasteiger charge is -2.22. The Morgan fingerprint density at radius 1 is 1.48 bits per heavy atom. The molecule has 0 aromatic carbocycles. The zero-order chi connectivity index (χ0) is 15.8. The number of rotatable bonds is 5. The van der Waals surface area contributed by atoms with Crippen LogP contribution in [0.15, 0.2) is 17.2 Å². The number of aliphatic carboxylic acids is 1. The van der Waals surface area contributed by atoms with Crippen LogP contribution in [0.4, 0.5) is 0 Å². The molecule has 1 aromatic rings. The van der Waals surface area contributed by atoms with Gasteiger partial charge in [0.25, 0.3) is 5.91 Å². The van der Waals surface area contributed by atoms with Crippen molar-refractivity contribution in [2.75, 3.05) is 6.54 Å². The number of carbonyl (C=O) groups is 2. The fraction of sp³-hybridized carbons (Fsp3) is 0.500. The zero-order valence-corrected chi connectivity index (χ0v) is 12.3. The first-order valence-corrected chi connectivity index (χ1v) is 7.87. The van der Waals surface area contributed by atoms with E-state index in [0.29, 0.717) is 12.8 Å². The van der Waals surface area contributed by atoms with Gasteiger partial charge in [0, 0.05) is 25.8 Å². The number of carboxylic acids is 1. The molecule has 2 rings (SSSR count). The molecule has 1 fully saturated rings. The van der Waals surface area contributed by atoms with E-state index in [1.807, 2.05) is 0 Å². The Labute approximate surface area is 122 Å². The quantitative estimate of drug-likeness (QED) is 0.775. The summed E-state index contributed by atoms with van der Waals surface area (Å²) in [7, 11) is -2.30. The molecule has 0 spiro atoms. The van der Waals surface area contributed by atoms with E-state index in [9.17, 15) is 18.0 Å². The Morgan fingerprint density at radius 2 is 2.14 bits per heavy atom. The maximum atomic E-state index is 12.6. The summed E-state index contributed by atoms with van der Waals surface area (Å²) >= 11 is 0. The van der Waals surface area contributed by atoms with Crippen LogP contribution in [-0.4, -0.2) is 46.9 Å². The third-order valence-corrected chi connectivity index (χ3v) is 5.49. The average Bonchev–Trinajstić information content (AvgIpc) is 2.95. The van der Waals surface area contributed by atoms with Crippen molar-refractivity contribution < 1.29 is 23.1 Å². The third kappa shape index (κ3) is 2.93. The molecular formula is C12H17N3O5S. The molecule has 1 aromatic heterocycles. The van der Waals surface area contributed by atoms with Gasteiger partial charge >= 0.3 is 5.97 Å². The summed E-state index contributed by atoms with van der Waals surface area (Å²) in [5.41, 5.74) is 5.26. The molecule has 0 aliphatic carbocycles. The number of nitrogens with zero attached hydrogens (tertiary/aromatic N) is 2. The molecule has 8 nitrogen and oxygen atoms in total. The predicted octanol–water partition coefficient (Wildman–Crippen LogP) is -0.248. The standard InChI is InChI=1S/C12H17N3O5S/c1-14-7-9(6-10(14)12(13)18)21(19,20)15-4-2-3-8(15)5-11(16)17/h6-8H,2-5H2,1H3,(H2,13,18)(H,16,17). The summed E-state index contributed by atoms with van der Waals surface area (Å²) in [5.74, 6) is -1.75. The number of aromatic nitrogens is 1. The Hall–Kier alpha value is -1.87. The number of carbonyl (C=O) groups excluding carboxylic acids is 1. The second-order valence-corrected chi connectivity index (χ2v) is 6.94. The molecular weight excluding hydrogens is 298 g/mol. The zero-order valence-electron chi connectivity index (χ0n) is 11.5. The first kappa shape index (κ1) is 15.5. The van der Waals surface area contributed by atoms with Gasteiger partial charge in [-0.25, -0.2) is 8.42 Å². The van der Waals surface area contributed by atoms with Crippen LogP contribution < -0.4 is 5.73 Å². The normalized spacial score (nSPS) is 19.8. The van der Waals surface area contributed by atoms with E-state index in [4.69, 9.17) is 10.8 Å². The highest BCUT2D eigenvalue weighted by molar-refractivity contribution is 7.89. The molecule has 3 N–H and O–H groups in total. The van der Waals surface area contributed by atoms with Crippen LogP contribution in [0, 0.1) is 0 Å². The Bertz CT molecular complexity index is 679. The van der Waals surface area contributed by atoms with Crippen LogP contribution in [0.2, 0.25) is 0 Å². The molecule has 9 heteroatoms. The molecule has 1 amide bonds. The second kappa shape index (κ2) is 5.49. The van der Waals surface area contributed by atoms with Crippen LogP contribution in [-0.2, 0) is 21.9 Å². The SMILES string of the molecule is Cn1cc(S(=O)(=O)N2CCCC2CC(=O)O)cc1C(N)=O. The lowest BCUT2D eigenvalue weighted by Crippen LogP contribution is -2.36. The van der Waals surface area contributed by atoms with E-state index < -0.39 is 27.9 Å². The number of nitrogens with two attached hydrogens (primary N) is 1. The molecule has 0 bridgehead atoms. The lowest BCUT2D eigenvalue weighted by atomic mass is 10.2. The molecule has 0 saturated carbocycles. The molecule has 0 radical (unpaired) electrons. The van der Waals surface area contributed by atoms with Crippen LogP contribution >= 0.6 is 0 Å². The highest BCUT2D eigenvalue weighted by atomic mass is 32.2. The van der Waals surface area contributed by atoms with E-state index in [2.05, 4.69) is 0 Å². The van der Waals surface area contributed by atoms with Crippen molar-refractivity contribution in [2.24, 2.45) is 12.8 Å².